The van der Waals surface area contributed by atoms with Crippen molar-refractivity contribution in [3.63, 3.8) is 0 Å². The van der Waals surface area contributed by atoms with Crippen LogP contribution in [0.1, 0.15) is 39.5 Å². The molecule has 6 heteroatoms. The molecule has 0 atom stereocenters. The van der Waals surface area contributed by atoms with Gasteiger partial charge in [-0.25, -0.2) is 0 Å². The van der Waals surface area contributed by atoms with Crippen molar-refractivity contribution < 1.29 is 9.59 Å². The fraction of sp³-hybridized carbons (Fsp3) is 0.400. The molecule has 5 nitrogen and oxygen atoms in total. The first-order valence-corrected chi connectivity index (χ1v) is 9.75. The van der Waals surface area contributed by atoms with Crippen molar-refractivity contribution in [1.82, 2.24) is 15.5 Å². The minimum absolute atomic E-state index is 0.0198. The molecule has 0 aliphatic carbocycles. The Morgan fingerprint density at radius 1 is 1.00 bits per heavy atom. The summed E-state index contributed by atoms with van der Waals surface area (Å²) in [6.07, 6.45) is 0. The molecule has 2 rings (SSSR count). The number of rotatable bonds is 9. The lowest BCUT2D eigenvalue weighted by Gasteiger charge is -2.20. The number of aryl methyl sites for hydroxylation is 1. The van der Waals surface area contributed by atoms with Gasteiger partial charge in [-0.1, -0.05) is 38.1 Å². The van der Waals surface area contributed by atoms with Crippen molar-refractivity contribution in [3.05, 3.63) is 57.3 Å². The number of hydrogen-bond donors (Lipinski definition) is 2. The van der Waals surface area contributed by atoms with Crippen molar-refractivity contribution >= 4 is 23.2 Å². The first-order chi connectivity index (χ1) is 12.5. The standard InChI is InChI=1S/C20H27N3O2S/c1-4-23(5-2)14-17-9-7-6-8-16(17)12-21-19(24)13-22-20(25)18-11-10-15(3)26-18/h6-11H,4-5,12-14H2,1-3H3,(H,21,24)(H,22,25). The fourth-order valence-corrected chi connectivity index (χ4v) is 3.42. The lowest BCUT2D eigenvalue weighted by atomic mass is 10.1. The van der Waals surface area contributed by atoms with Crippen LogP contribution in [0.4, 0.5) is 0 Å². The quantitative estimate of drug-likeness (QED) is 0.710. The highest BCUT2D eigenvalue weighted by Gasteiger charge is 2.11. The zero-order valence-electron chi connectivity index (χ0n) is 15.7. The predicted molar refractivity (Wildman–Crippen MR) is 106 cm³/mol. The molecule has 140 valence electrons. The highest BCUT2D eigenvalue weighted by Crippen LogP contribution is 2.14. The van der Waals surface area contributed by atoms with Crippen LogP contribution in [0.25, 0.3) is 0 Å². The lowest BCUT2D eigenvalue weighted by molar-refractivity contribution is -0.120. The van der Waals surface area contributed by atoms with Crippen LogP contribution >= 0.6 is 11.3 Å². The van der Waals surface area contributed by atoms with E-state index in [2.05, 4.69) is 35.4 Å². The van der Waals surface area contributed by atoms with Crippen molar-refractivity contribution in [1.29, 1.82) is 0 Å². The second-order valence-corrected chi connectivity index (χ2v) is 7.39. The average molecular weight is 374 g/mol. The molecule has 0 fully saturated rings. The molecular formula is C20H27N3O2S. The van der Waals surface area contributed by atoms with E-state index in [-0.39, 0.29) is 18.4 Å². The number of hydrogen-bond acceptors (Lipinski definition) is 4. The van der Waals surface area contributed by atoms with Crippen LogP contribution < -0.4 is 10.6 Å². The van der Waals surface area contributed by atoms with E-state index in [1.165, 1.54) is 16.9 Å². The van der Waals surface area contributed by atoms with Gasteiger partial charge in [0.25, 0.3) is 5.91 Å². The molecule has 0 saturated heterocycles. The molecule has 1 heterocycles. The summed E-state index contributed by atoms with van der Waals surface area (Å²) in [7, 11) is 0. The average Bonchev–Trinajstić information content (AvgIpc) is 3.09. The fourth-order valence-electron chi connectivity index (χ4n) is 2.63. The van der Waals surface area contributed by atoms with Crippen molar-refractivity contribution in [3.8, 4) is 0 Å². The third-order valence-electron chi connectivity index (χ3n) is 4.26. The molecule has 0 unspecified atom stereocenters. The minimum Gasteiger partial charge on any atom is -0.350 e. The lowest BCUT2D eigenvalue weighted by Crippen LogP contribution is -2.36. The van der Waals surface area contributed by atoms with Crippen molar-refractivity contribution in [2.24, 2.45) is 0 Å². The maximum atomic E-state index is 12.1. The summed E-state index contributed by atoms with van der Waals surface area (Å²) in [4.78, 5) is 28.1. The number of benzene rings is 1. The Kier molecular flexibility index (Phi) is 7.81. The summed E-state index contributed by atoms with van der Waals surface area (Å²) in [5.74, 6) is -0.399. The Hall–Kier alpha value is -2.18. The van der Waals surface area contributed by atoms with Gasteiger partial charge in [0.05, 0.1) is 11.4 Å². The zero-order chi connectivity index (χ0) is 18.9. The molecule has 0 aliphatic rings. The molecule has 0 aliphatic heterocycles. The highest BCUT2D eigenvalue weighted by molar-refractivity contribution is 7.13. The van der Waals surface area contributed by atoms with Gasteiger partial charge in [0, 0.05) is 18.0 Å². The molecule has 26 heavy (non-hydrogen) atoms. The maximum Gasteiger partial charge on any atom is 0.261 e. The topological polar surface area (TPSA) is 61.4 Å². The van der Waals surface area contributed by atoms with Crippen molar-refractivity contribution in [2.75, 3.05) is 19.6 Å². The van der Waals surface area contributed by atoms with E-state index in [0.717, 1.165) is 30.1 Å². The summed E-state index contributed by atoms with van der Waals surface area (Å²) in [5.41, 5.74) is 2.32. The normalized spacial score (nSPS) is 10.8. The molecule has 2 aromatic rings. The summed E-state index contributed by atoms with van der Waals surface area (Å²) in [5, 5.41) is 5.56. The molecular weight excluding hydrogens is 346 g/mol. The Morgan fingerprint density at radius 3 is 2.31 bits per heavy atom. The van der Waals surface area contributed by atoms with E-state index in [1.807, 2.05) is 31.2 Å². The van der Waals surface area contributed by atoms with E-state index in [0.29, 0.717) is 11.4 Å². The molecule has 2 N–H and O–H groups in total. The second-order valence-electron chi connectivity index (χ2n) is 6.10. The van der Waals surface area contributed by atoms with Crippen molar-refractivity contribution in [2.45, 2.75) is 33.9 Å². The molecule has 1 aromatic heterocycles. The van der Waals surface area contributed by atoms with Gasteiger partial charge < -0.3 is 10.6 Å². The molecule has 0 saturated carbocycles. The van der Waals surface area contributed by atoms with E-state index in [9.17, 15) is 9.59 Å². The summed E-state index contributed by atoms with van der Waals surface area (Å²) >= 11 is 1.42. The molecule has 2 amide bonds. The van der Waals surface area contributed by atoms with Gasteiger partial charge >= 0.3 is 0 Å². The van der Waals surface area contributed by atoms with Gasteiger partial charge in [-0.2, -0.15) is 0 Å². The van der Waals surface area contributed by atoms with Crippen LogP contribution in [-0.2, 0) is 17.9 Å². The van der Waals surface area contributed by atoms with Gasteiger partial charge in [0.2, 0.25) is 5.91 Å². The Balaban J connectivity index is 1.84. The van der Waals surface area contributed by atoms with E-state index >= 15 is 0 Å². The van der Waals surface area contributed by atoms with Crippen LogP contribution in [0.3, 0.4) is 0 Å². The SMILES string of the molecule is CCN(CC)Cc1ccccc1CNC(=O)CNC(=O)c1ccc(C)s1. The Bertz CT molecular complexity index is 738. The van der Waals surface area contributed by atoms with E-state index in [4.69, 9.17) is 0 Å². The molecule has 0 spiro atoms. The molecule has 0 radical (unpaired) electrons. The largest absolute Gasteiger partial charge is 0.350 e. The smallest absolute Gasteiger partial charge is 0.261 e. The van der Waals surface area contributed by atoms with E-state index < -0.39 is 0 Å². The number of amides is 2. The first-order valence-electron chi connectivity index (χ1n) is 8.94. The Morgan fingerprint density at radius 2 is 1.69 bits per heavy atom. The summed E-state index contributed by atoms with van der Waals surface area (Å²) in [6.45, 7) is 9.53. The summed E-state index contributed by atoms with van der Waals surface area (Å²) < 4.78 is 0. The van der Waals surface area contributed by atoms with Gasteiger partial charge in [0.1, 0.15) is 0 Å². The molecule has 1 aromatic carbocycles. The minimum atomic E-state index is -0.208. The monoisotopic (exact) mass is 373 g/mol. The van der Waals surface area contributed by atoms with Gasteiger partial charge in [-0.3, -0.25) is 14.5 Å². The molecule has 0 bridgehead atoms. The van der Waals surface area contributed by atoms with Crippen LogP contribution in [-0.4, -0.2) is 36.3 Å². The number of carbonyl (C=O) groups is 2. The number of nitrogens with zero attached hydrogens (tertiary/aromatic N) is 1. The third-order valence-corrected chi connectivity index (χ3v) is 5.26. The zero-order valence-corrected chi connectivity index (χ0v) is 16.5. The number of nitrogens with one attached hydrogen (secondary N) is 2. The number of thiophene rings is 1. The predicted octanol–water partition coefficient (Wildman–Crippen LogP) is 2.94. The van der Waals surface area contributed by atoms with Gasteiger partial charge in [-0.05, 0) is 43.3 Å². The van der Waals surface area contributed by atoms with Crippen LogP contribution in [0, 0.1) is 6.92 Å². The first kappa shape index (κ1) is 20.1. The van der Waals surface area contributed by atoms with Crippen LogP contribution in [0.15, 0.2) is 36.4 Å². The van der Waals surface area contributed by atoms with E-state index in [1.54, 1.807) is 6.07 Å². The van der Waals surface area contributed by atoms with Gasteiger partial charge in [0.15, 0.2) is 0 Å². The van der Waals surface area contributed by atoms with Crippen LogP contribution in [0.5, 0.6) is 0 Å². The van der Waals surface area contributed by atoms with Gasteiger partial charge in [-0.15, -0.1) is 11.3 Å². The number of carbonyl (C=O) groups excluding carboxylic acids is 2. The third kappa shape index (κ3) is 5.97. The highest BCUT2D eigenvalue weighted by atomic mass is 32.1. The second kappa shape index (κ2) is 10.1. The van der Waals surface area contributed by atoms with Crippen LogP contribution in [0.2, 0.25) is 0 Å². The Labute approximate surface area is 159 Å². The summed E-state index contributed by atoms with van der Waals surface area (Å²) in [6, 6.07) is 11.8. The maximum absolute atomic E-state index is 12.1.